The SMILES string of the molecule is CC(C)n1c2ccccc2c2cc(-c3cccc(-n4c5ccccc5c5cc(-c6cc(-c7nc(-c8ccccc8)cc(-c8cccc9ccccc89)n7)cc7ccccc67)ccc54)c3)ccc21.COc1cccc(-n2c3ccccc3c3cc(-c4ccc(-n5c6ccccc6c6cc(-c7ccc(-c8nc(-c9ccccc9)nc(-c9ccccc9)n8)cc7)ccc65)cc4)ccc32)c1. The second kappa shape index (κ2) is 32.3. The third kappa shape index (κ3) is 13.8. The van der Waals surface area contributed by atoms with Crippen LogP contribution >= 0.6 is 0 Å². The summed E-state index contributed by atoms with van der Waals surface area (Å²) in [5, 5.41) is 14.5. The van der Waals surface area contributed by atoms with E-state index >= 15 is 0 Å². The molecule has 10 nitrogen and oxygen atoms in total. The van der Waals surface area contributed by atoms with Crippen molar-refractivity contribution in [2.75, 3.05) is 7.11 Å². The molecule has 0 amide bonds. The fourth-order valence-corrected chi connectivity index (χ4v) is 19.7. The lowest BCUT2D eigenvalue weighted by atomic mass is 9.94. The largest absolute Gasteiger partial charge is 0.497 e. The van der Waals surface area contributed by atoms with Gasteiger partial charge >= 0.3 is 0 Å². The summed E-state index contributed by atoms with van der Waals surface area (Å²) in [5.74, 6) is 3.47. The highest BCUT2D eigenvalue weighted by Gasteiger charge is 2.24. The number of aromatic nitrogens is 9. The molecule has 0 atom stereocenters. The molecule has 618 valence electrons. The predicted molar refractivity (Wildman–Crippen MR) is 544 cm³/mol. The van der Waals surface area contributed by atoms with Crippen molar-refractivity contribution >= 4 is 109 Å². The summed E-state index contributed by atoms with van der Waals surface area (Å²) in [6.07, 6.45) is 0. The molecule has 25 aromatic rings. The van der Waals surface area contributed by atoms with Crippen molar-refractivity contribution in [1.29, 1.82) is 0 Å². The molecule has 6 aromatic heterocycles. The van der Waals surface area contributed by atoms with E-state index in [9.17, 15) is 0 Å². The van der Waals surface area contributed by atoms with E-state index in [4.69, 9.17) is 29.7 Å². The Balaban J connectivity index is 0.000000145. The number of ether oxygens (including phenoxy) is 1. The fourth-order valence-electron chi connectivity index (χ4n) is 19.7. The van der Waals surface area contributed by atoms with Crippen LogP contribution in [0.4, 0.5) is 0 Å². The zero-order valence-electron chi connectivity index (χ0n) is 72.2. The summed E-state index contributed by atoms with van der Waals surface area (Å²) >= 11 is 0. The topological polar surface area (TPSA) is 93.4 Å². The quantitative estimate of drug-likeness (QED) is 0.102. The molecular weight excluding hydrogens is 1600 g/mol. The minimum atomic E-state index is 0.357. The van der Waals surface area contributed by atoms with E-state index in [2.05, 4.69) is 396 Å². The Bertz CT molecular complexity index is 8730. The molecule has 0 aliphatic heterocycles. The highest BCUT2D eigenvalue weighted by atomic mass is 16.5. The van der Waals surface area contributed by atoms with Crippen molar-refractivity contribution in [3.63, 3.8) is 0 Å². The highest BCUT2D eigenvalue weighted by Crippen LogP contribution is 2.45. The predicted octanol–water partition coefficient (Wildman–Crippen LogP) is 31.3. The summed E-state index contributed by atoms with van der Waals surface area (Å²) < 4.78 is 15.2. The van der Waals surface area contributed by atoms with Gasteiger partial charge in [-0.3, -0.25) is 0 Å². The average Bonchev–Trinajstić information content (AvgIpc) is 1.54. The third-order valence-electron chi connectivity index (χ3n) is 25.9. The maximum atomic E-state index is 5.58. The van der Waals surface area contributed by atoms with Crippen LogP contribution in [0.2, 0.25) is 0 Å². The summed E-state index contributed by atoms with van der Waals surface area (Å²) in [4.78, 5) is 25.4. The first-order valence-electron chi connectivity index (χ1n) is 44.6. The lowest BCUT2D eigenvalue weighted by Crippen LogP contribution is -2.00. The highest BCUT2D eigenvalue weighted by molar-refractivity contribution is 6.15. The zero-order valence-corrected chi connectivity index (χ0v) is 72.2. The molecule has 131 heavy (non-hydrogen) atoms. The van der Waals surface area contributed by atoms with E-state index in [0.717, 1.165) is 112 Å². The molecule has 0 aliphatic carbocycles. The number of methoxy groups -OCH3 is 1. The van der Waals surface area contributed by atoms with Gasteiger partial charge in [0.05, 0.1) is 51.6 Å². The summed E-state index contributed by atoms with van der Waals surface area (Å²) in [6, 6.07) is 158. The van der Waals surface area contributed by atoms with Crippen molar-refractivity contribution in [2.45, 2.75) is 19.9 Å². The summed E-state index contributed by atoms with van der Waals surface area (Å²) in [7, 11) is 1.71. The Kier molecular flexibility index (Phi) is 19.1. The van der Waals surface area contributed by atoms with Crippen LogP contribution in [-0.4, -0.2) is 50.3 Å². The Morgan fingerprint density at radius 1 is 0.198 bits per heavy atom. The van der Waals surface area contributed by atoms with E-state index in [0.29, 0.717) is 29.3 Å². The molecule has 0 unspecified atom stereocenters. The maximum absolute atomic E-state index is 5.58. The number of hydrogen-bond donors (Lipinski definition) is 0. The van der Waals surface area contributed by atoms with Crippen LogP contribution in [0.15, 0.2) is 443 Å². The minimum absolute atomic E-state index is 0.357. The van der Waals surface area contributed by atoms with E-state index in [1.165, 1.54) is 109 Å². The normalized spacial score (nSPS) is 11.7. The van der Waals surface area contributed by atoms with Crippen LogP contribution < -0.4 is 4.74 Å². The Hall–Kier alpha value is -17.2. The van der Waals surface area contributed by atoms with Gasteiger partial charge in [0.15, 0.2) is 23.3 Å². The summed E-state index contributed by atoms with van der Waals surface area (Å²) in [6.45, 7) is 4.53. The van der Waals surface area contributed by atoms with Gasteiger partial charge < -0.3 is 23.0 Å². The number of nitrogens with zero attached hydrogens (tertiary/aromatic N) is 9. The van der Waals surface area contributed by atoms with Crippen molar-refractivity contribution in [2.24, 2.45) is 0 Å². The summed E-state index contributed by atoms with van der Waals surface area (Å²) in [5.41, 5.74) is 29.9. The van der Waals surface area contributed by atoms with Crippen molar-refractivity contribution in [3.8, 4) is 135 Å². The van der Waals surface area contributed by atoms with Gasteiger partial charge in [-0.15, -0.1) is 0 Å². The van der Waals surface area contributed by atoms with Gasteiger partial charge in [-0.05, 0) is 207 Å². The van der Waals surface area contributed by atoms with Crippen LogP contribution in [0.1, 0.15) is 19.9 Å². The van der Waals surface area contributed by atoms with Crippen molar-refractivity contribution < 1.29 is 4.74 Å². The fraction of sp³-hybridized carbons (Fsp3) is 0.0331. The molecule has 6 heterocycles. The van der Waals surface area contributed by atoms with Crippen LogP contribution in [0.3, 0.4) is 0 Å². The molecular formula is C121H83N9O. The van der Waals surface area contributed by atoms with Gasteiger partial charge in [-0.1, -0.05) is 309 Å². The van der Waals surface area contributed by atoms with Gasteiger partial charge in [-0.25, -0.2) is 24.9 Å². The molecule has 0 aliphatic rings. The molecule has 0 spiro atoms. The number of fused-ring (bicyclic) bond motifs is 14. The molecule has 10 heteroatoms. The monoisotopic (exact) mass is 1680 g/mol. The van der Waals surface area contributed by atoms with Gasteiger partial charge in [0.2, 0.25) is 0 Å². The van der Waals surface area contributed by atoms with Crippen molar-refractivity contribution in [1.82, 2.24) is 43.2 Å². The second-order valence-corrected chi connectivity index (χ2v) is 34.0. The third-order valence-corrected chi connectivity index (χ3v) is 25.9. The first-order valence-corrected chi connectivity index (χ1v) is 44.6. The second-order valence-electron chi connectivity index (χ2n) is 34.0. The lowest BCUT2D eigenvalue weighted by molar-refractivity contribution is 0.414. The number of para-hydroxylation sites is 4. The van der Waals surface area contributed by atoms with E-state index in [-0.39, 0.29) is 0 Å². The average molecular weight is 1680 g/mol. The minimum Gasteiger partial charge on any atom is -0.497 e. The van der Waals surface area contributed by atoms with Crippen LogP contribution in [0.5, 0.6) is 5.75 Å². The molecule has 0 radical (unpaired) electrons. The number of benzene rings is 19. The van der Waals surface area contributed by atoms with Crippen molar-refractivity contribution in [3.05, 3.63) is 443 Å². The molecule has 0 saturated heterocycles. The van der Waals surface area contributed by atoms with E-state index in [1.54, 1.807) is 7.11 Å². The molecule has 0 bridgehead atoms. The molecule has 25 rings (SSSR count). The Labute approximate surface area is 756 Å². The van der Waals surface area contributed by atoms with Crippen LogP contribution in [0.25, 0.3) is 238 Å². The molecule has 0 saturated carbocycles. The number of hydrogen-bond acceptors (Lipinski definition) is 6. The van der Waals surface area contributed by atoms with E-state index in [1.807, 2.05) is 78.9 Å². The van der Waals surface area contributed by atoms with Gasteiger partial charge in [0.25, 0.3) is 0 Å². The smallest absolute Gasteiger partial charge is 0.164 e. The van der Waals surface area contributed by atoms with E-state index < -0.39 is 0 Å². The number of rotatable bonds is 15. The molecule has 0 fully saturated rings. The standard InChI is InChI=1S/C63H44N4.C58H39N5O/c1-40(2)66-59-28-12-10-25-52(59)55-36-44(30-32-61(55)66)43-21-14-22-48(35-43)67-60-29-13-11-26-53(60)56-37-46(31-33-62(56)67)54-38-47(34-45-19-7-9-24-50(45)54)63-64-57(42-17-4-3-5-18-42)39-58(65-63)51-27-15-20-41-16-6-8-23-49(41)51;1-64-47-18-12-17-46(37-47)63-53-22-11-9-20-49(53)51-36-44(30-34-55(51)63)39-27-31-45(32-28-39)62-52-21-10-8-19-48(52)50-35-43(29-33-54(50)62)38-23-25-42(26-24-38)58-60-56(40-13-4-2-5-14-40)59-57(61-58)41-15-6-3-7-16-41/h3-40H,1-2H3;2-37H,1H3. The Morgan fingerprint density at radius 2 is 0.550 bits per heavy atom. The van der Waals surface area contributed by atoms with Gasteiger partial charge in [0.1, 0.15) is 5.75 Å². The van der Waals surface area contributed by atoms with Crippen LogP contribution in [-0.2, 0) is 0 Å². The molecule has 0 N–H and O–H groups in total. The van der Waals surface area contributed by atoms with Gasteiger partial charge in [-0.2, -0.15) is 0 Å². The first kappa shape index (κ1) is 77.4. The first-order chi connectivity index (χ1) is 64.7. The van der Waals surface area contributed by atoms with Crippen LogP contribution in [0, 0.1) is 0 Å². The Morgan fingerprint density at radius 3 is 1.11 bits per heavy atom. The lowest BCUT2D eigenvalue weighted by Gasteiger charge is -2.14. The maximum Gasteiger partial charge on any atom is 0.164 e. The molecule has 19 aromatic carbocycles. The van der Waals surface area contributed by atoms with Gasteiger partial charge in [0, 0.05) is 117 Å². The zero-order chi connectivity index (χ0) is 87.2.